The van der Waals surface area contributed by atoms with E-state index in [0.29, 0.717) is 19.2 Å². The molecule has 0 N–H and O–H groups in total. The minimum atomic E-state index is -3.66. The summed E-state index contributed by atoms with van der Waals surface area (Å²) in [6.45, 7) is 2.37. The Kier molecular flexibility index (Phi) is 5.57. The molecule has 8 heteroatoms. The minimum Gasteiger partial charge on any atom is -0.454 e. The van der Waals surface area contributed by atoms with Crippen LogP contribution in [-0.4, -0.2) is 31.8 Å². The van der Waals surface area contributed by atoms with Crippen molar-refractivity contribution in [3.8, 4) is 0 Å². The number of ether oxygens (including phenoxy) is 1. The van der Waals surface area contributed by atoms with Gasteiger partial charge in [-0.15, -0.1) is 0 Å². The fourth-order valence-corrected chi connectivity index (χ4v) is 4.55. The van der Waals surface area contributed by atoms with Gasteiger partial charge in [0, 0.05) is 24.7 Å². The Balaban J connectivity index is 1.79. The van der Waals surface area contributed by atoms with Crippen molar-refractivity contribution < 1.29 is 26.7 Å². The Morgan fingerprint density at radius 2 is 1.81 bits per heavy atom. The van der Waals surface area contributed by atoms with E-state index in [2.05, 4.69) is 0 Å². The van der Waals surface area contributed by atoms with E-state index in [-0.39, 0.29) is 16.0 Å². The highest BCUT2D eigenvalue weighted by Crippen LogP contribution is 2.25. The molecular formula is C19H19F2NO4S. The standard InChI is InChI=1S/C19H19F2NO4S/c1-13(17-8-7-15(20)12-18(17)21)26-19(23)14-5-4-6-16(11-14)27(24,25)22-9-2-3-10-22/h4-8,11-13H,2-3,9-10H2,1H3. The first-order valence-electron chi connectivity index (χ1n) is 8.55. The van der Waals surface area contributed by atoms with Crippen LogP contribution in [0, 0.1) is 11.6 Å². The van der Waals surface area contributed by atoms with Gasteiger partial charge < -0.3 is 4.74 Å². The van der Waals surface area contributed by atoms with Crippen LogP contribution in [0.4, 0.5) is 8.78 Å². The molecule has 1 heterocycles. The SMILES string of the molecule is CC(OC(=O)c1cccc(S(=O)(=O)N2CCCC2)c1)c1ccc(F)cc1F. The third kappa shape index (κ3) is 4.17. The average Bonchev–Trinajstić information content (AvgIpc) is 3.17. The van der Waals surface area contributed by atoms with Crippen LogP contribution in [0.1, 0.15) is 41.8 Å². The molecule has 3 rings (SSSR count). The topological polar surface area (TPSA) is 63.7 Å². The van der Waals surface area contributed by atoms with Crippen LogP contribution in [0.25, 0.3) is 0 Å². The second-order valence-corrected chi connectivity index (χ2v) is 8.29. The zero-order chi connectivity index (χ0) is 19.6. The van der Waals surface area contributed by atoms with Gasteiger partial charge in [-0.3, -0.25) is 0 Å². The highest BCUT2D eigenvalue weighted by Gasteiger charge is 2.28. The van der Waals surface area contributed by atoms with Crippen molar-refractivity contribution in [3.05, 3.63) is 65.2 Å². The Morgan fingerprint density at radius 1 is 1.11 bits per heavy atom. The number of rotatable bonds is 5. The molecule has 2 aromatic carbocycles. The highest BCUT2D eigenvalue weighted by atomic mass is 32.2. The molecule has 144 valence electrons. The third-order valence-electron chi connectivity index (χ3n) is 4.46. The summed E-state index contributed by atoms with van der Waals surface area (Å²) in [5.41, 5.74) is 0.0789. The largest absolute Gasteiger partial charge is 0.454 e. The number of carbonyl (C=O) groups excluding carboxylic acids is 1. The quantitative estimate of drug-likeness (QED) is 0.725. The van der Waals surface area contributed by atoms with E-state index in [0.717, 1.165) is 18.9 Å². The molecule has 1 aliphatic rings. The summed E-state index contributed by atoms with van der Waals surface area (Å²) in [5.74, 6) is -2.33. The lowest BCUT2D eigenvalue weighted by Crippen LogP contribution is -2.28. The molecule has 1 aliphatic heterocycles. The van der Waals surface area contributed by atoms with Crippen molar-refractivity contribution in [2.75, 3.05) is 13.1 Å². The molecule has 0 aromatic heterocycles. The molecular weight excluding hydrogens is 376 g/mol. The number of nitrogens with zero attached hydrogens (tertiary/aromatic N) is 1. The lowest BCUT2D eigenvalue weighted by molar-refractivity contribution is 0.0331. The van der Waals surface area contributed by atoms with Crippen molar-refractivity contribution in [1.82, 2.24) is 4.31 Å². The number of halogens is 2. The fraction of sp³-hybridized carbons (Fsp3) is 0.316. The molecule has 1 unspecified atom stereocenters. The molecule has 0 spiro atoms. The fourth-order valence-electron chi connectivity index (χ4n) is 2.98. The normalized spacial score (nSPS) is 16.3. The summed E-state index contributed by atoms with van der Waals surface area (Å²) in [6, 6.07) is 8.56. The van der Waals surface area contributed by atoms with Gasteiger partial charge in [-0.25, -0.2) is 22.0 Å². The molecule has 0 saturated carbocycles. The summed E-state index contributed by atoms with van der Waals surface area (Å²) in [6.07, 6.45) is 0.653. The maximum absolute atomic E-state index is 13.8. The van der Waals surface area contributed by atoms with Crippen molar-refractivity contribution in [2.24, 2.45) is 0 Å². The minimum absolute atomic E-state index is 0.0134. The predicted octanol–water partition coefficient (Wildman–Crippen LogP) is 3.67. The van der Waals surface area contributed by atoms with E-state index in [4.69, 9.17) is 4.74 Å². The molecule has 27 heavy (non-hydrogen) atoms. The summed E-state index contributed by atoms with van der Waals surface area (Å²) in [4.78, 5) is 12.4. The van der Waals surface area contributed by atoms with Crippen LogP contribution < -0.4 is 0 Å². The van der Waals surface area contributed by atoms with Gasteiger partial charge in [-0.05, 0) is 50.1 Å². The summed E-state index contributed by atoms with van der Waals surface area (Å²) >= 11 is 0. The van der Waals surface area contributed by atoms with Crippen molar-refractivity contribution in [3.63, 3.8) is 0 Å². The van der Waals surface area contributed by atoms with E-state index in [1.165, 1.54) is 41.6 Å². The van der Waals surface area contributed by atoms with Crippen molar-refractivity contribution in [1.29, 1.82) is 0 Å². The van der Waals surface area contributed by atoms with Gasteiger partial charge in [0.1, 0.15) is 17.7 Å². The number of benzene rings is 2. The molecule has 2 aromatic rings. The molecule has 1 saturated heterocycles. The van der Waals surface area contributed by atoms with Gasteiger partial charge in [0.25, 0.3) is 0 Å². The summed E-state index contributed by atoms with van der Waals surface area (Å²) in [5, 5.41) is 0. The van der Waals surface area contributed by atoms with E-state index >= 15 is 0 Å². The van der Waals surface area contributed by atoms with Crippen molar-refractivity contribution >= 4 is 16.0 Å². The lowest BCUT2D eigenvalue weighted by Gasteiger charge is -2.17. The Labute approximate surface area is 156 Å². The molecule has 5 nitrogen and oxygen atoms in total. The Bertz CT molecular complexity index is 956. The van der Waals surface area contributed by atoms with Gasteiger partial charge in [0.05, 0.1) is 10.5 Å². The summed E-state index contributed by atoms with van der Waals surface area (Å²) in [7, 11) is -3.66. The van der Waals surface area contributed by atoms with E-state index in [9.17, 15) is 22.0 Å². The number of sulfonamides is 1. The number of hydrogen-bond donors (Lipinski definition) is 0. The first-order chi connectivity index (χ1) is 12.8. The Hall–Kier alpha value is -2.32. The van der Waals surface area contributed by atoms with Crippen LogP contribution in [0.5, 0.6) is 0 Å². The van der Waals surface area contributed by atoms with E-state index in [1.807, 2.05) is 0 Å². The van der Waals surface area contributed by atoms with Crippen LogP contribution in [0.2, 0.25) is 0 Å². The summed E-state index contributed by atoms with van der Waals surface area (Å²) < 4.78 is 58.7. The second-order valence-electron chi connectivity index (χ2n) is 6.35. The monoisotopic (exact) mass is 395 g/mol. The molecule has 0 aliphatic carbocycles. The zero-order valence-electron chi connectivity index (χ0n) is 14.7. The van der Waals surface area contributed by atoms with Crippen LogP contribution >= 0.6 is 0 Å². The lowest BCUT2D eigenvalue weighted by atomic mass is 10.1. The van der Waals surface area contributed by atoms with Gasteiger partial charge in [-0.2, -0.15) is 4.31 Å². The van der Waals surface area contributed by atoms with Crippen LogP contribution in [0.15, 0.2) is 47.4 Å². The molecule has 1 atom stereocenters. The molecule has 0 bridgehead atoms. The predicted molar refractivity (Wildman–Crippen MR) is 94.6 cm³/mol. The van der Waals surface area contributed by atoms with Crippen molar-refractivity contribution in [2.45, 2.75) is 30.8 Å². The van der Waals surface area contributed by atoms with Crippen LogP contribution in [0.3, 0.4) is 0 Å². The average molecular weight is 395 g/mol. The van der Waals surface area contributed by atoms with Gasteiger partial charge >= 0.3 is 5.97 Å². The first kappa shape index (κ1) is 19.4. The molecule has 1 fully saturated rings. The van der Waals surface area contributed by atoms with Crippen LogP contribution in [-0.2, 0) is 14.8 Å². The number of carbonyl (C=O) groups is 1. The maximum Gasteiger partial charge on any atom is 0.338 e. The van der Waals surface area contributed by atoms with Gasteiger partial charge in [0.2, 0.25) is 10.0 Å². The number of esters is 1. The number of hydrogen-bond acceptors (Lipinski definition) is 4. The first-order valence-corrected chi connectivity index (χ1v) is 9.99. The molecule has 0 amide bonds. The molecule has 0 radical (unpaired) electrons. The third-order valence-corrected chi connectivity index (χ3v) is 6.35. The second kappa shape index (κ2) is 7.74. The van der Waals surface area contributed by atoms with Gasteiger partial charge in [-0.1, -0.05) is 6.07 Å². The van der Waals surface area contributed by atoms with E-state index < -0.39 is 33.7 Å². The maximum atomic E-state index is 13.8. The Morgan fingerprint density at radius 3 is 2.48 bits per heavy atom. The van der Waals surface area contributed by atoms with Gasteiger partial charge in [0.15, 0.2) is 0 Å². The highest BCUT2D eigenvalue weighted by molar-refractivity contribution is 7.89. The zero-order valence-corrected chi connectivity index (χ0v) is 15.5. The smallest absolute Gasteiger partial charge is 0.338 e. The van der Waals surface area contributed by atoms with E-state index in [1.54, 1.807) is 0 Å².